The predicted octanol–water partition coefficient (Wildman–Crippen LogP) is 3.80. The highest BCUT2D eigenvalue weighted by Crippen LogP contribution is 2.28. The Morgan fingerprint density at radius 2 is 2.10 bits per heavy atom. The Morgan fingerprint density at radius 3 is 2.67 bits per heavy atom. The average molecular weight is 332 g/mol. The Morgan fingerprint density at radius 1 is 1.33 bits per heavy atom. The van der Waals surface area contributed by atoms with Gasteiger partial charge in [0, 0.05) is 24.1 Å². The van der Waals surface area contributed by atoms with Gasteiger partial charge in [-0.3, -0.25) is 4.79 Å². The van der Waals surface area contributed by atoms with Gasteiger partial charge in [-0.2, -0.15) is 0 Å². The molecule has 0 aliphatic heterocycles. The Labute approximate surface area is 129 Å². The van der Waals surface area contributed by atoms with E-state index >= 15 is 0 Å². The van der Waals surface area contributed by atoms with Crippen molar-refractivity contribution in [1.29, 1.82) is 0 Å². The number of rotatable bonds is 5. The Balaban J connectivity index is 2.00. The van der Waals surface area contributed by atoms with E-state index in [4.69, 9.17) is 16.3 Å². The number of ether oxygens (including phenoxy) is 1. The molecule has 0 saturated heterocycles. The molecule has 2 aromatic rings. The smallest absolute Gasteiger partial charge is 0.251 e. The number of hydrogen-bond donors (Lipinski definition) is 1. The number of thiophene rings is 1. The van der Waals surface area contributed by atoms with Gasteiger partial charge < -0.3 is 10.1 Å². The molecule has 112 valence electrons. The summed E-state index contributed by atoms with van der Waals surface area (Å²) in [6.45, 7) is 0.200. The van der Waals surface area contributed by atoms with Crippen LogP contribution in [0, 0.1) is 11.6 Å². The normalized spacial score (nSPS) is 12.2. The summed E-state index contributed by atoms with van der Waals surface area (Å²) >= 11 is 7.20. The lowest BCUT2D eigenvalue weighted by Gasteiger charge is -2.14. The summed E-state index contributed by atoms with van der Waals surface area (Å²) in [5.41, 5.74) is 0.0490. The maximum absolute atomic E-state index is 13.1. The zero-order valence-corrected chi connectivity index (χ0v) is 12.6. The molecule has 0 aliphatic rings. The van der Waals surface area contributed by atoms with Gasteiger partial charge in [-0.15, -0.1) is 11.3 Å². The summed E-state index contributed by atoms with van der Waals surface area (Å²) in [7, 11) is 1.52. The van der Waals surface area contributed by atoms with Gasteiger partial charge in [0.05, 0.1) is 4.34 Å². The SMILES string of the molecule is COC(CNC(=O)c1ccc(F)c(F)c1)c1ccc(Cl)s1. The van der Waals surface area contributed by atoms with Crippen molar-refractivity contribution in [3.8, 4) is 0 Å². The minimum absolute atomic E-state index is 0.0490. The highest BCUT2D eigenvalue weighted by Gasteiger charge is 2.16. The van der Waals surface area contributed by atoms with Crippen molar-refractivity contribution in [2.24, 2.45) is 0 Å². The van der Waals surface area contributed by atoms with Crippen molar-refractivity contribution in [1.82, 2.24) is 5.32 Å². The summed E-state index contributed by atoms with van der Waals surface area (Å²) in [6, 6.07) is 6.54. The lowest BCUT2D eigenvalue weighted by Crippen LogP contribution is -2.29. The molecule has 2 rings (SSSR count). The first kappa shape index (κ1) is 15.9. The van der Waals surface area contributed by atoms with Crippen LogP contribution >= 0.6 is 22.9 Å². The highest BCUT2D eigenvalue weighted by atomic mass is 35.5. The fourth-order valence-corrected chi connectivity index (χ4v) is 2.86. The second-order valence-corrected chi connectivity index (χ2v) is 5.95. The number of carbonyl (C=O) groups is 1. The molecule has 1 heterocycles. The molecule has 0 spiro atoms. The first-order valence-corrected chi connectivity index (χ1v) is 7.22. The third kappa shape index (κ3) is 4.00. The van der Waals surface area contributed by atoms with Crippen LogP contribution < -0.4 is 5.32 Å². The summed E-state index contributed by atoms with van der Waals surface area (Å²) in [4.78, 5) is 12.8. The third-order valence-corrected chi connectivity index (χ3v) is 4.15. The van der Waals surface area contributed by atoms with Crippen molar-refractivity contribution in [3.63, 3.8) is 0 Å². The average Bonchev–Trinajstić information content (AvgIpc) is 2.89. The van der Waals surface area contributed by atoms with Gasteiger partial charge in [0.25, 0.3) is 5.91 Å². The summed E-state index contributed by atoms with van der Waals surface area (Å²) < 4.78 is 31.8. The van der Waals surface area contributed by atoms with E-state index in [2.05, 4.69) is 5.32 Å². The number of nitrogens with one attached hydrogen (secondary N) is 1. The predicted molar refractivity (Wildman–Crippen MR) is 77.8 cm³/mol. The molecule has 1 N–H and O–H groups in total. The van der Waals surface area contributed by atoms with Crippen LogP contribution in [0.25, 0.3) is 0 Å². The quantitative estimate of drug-likeness (QED) is 0.905. The Kier molecular flexibility index (Phi) is 5.27. The second kappa shape index (κ2) is 6.98. The van der Waals surface area contributed by atoms with Crippen LogP contribution in [0.3, 0.4) is 0 Å². The molecule has 0 radical (unpaired) electrons. The van der Waals surface area contributed by atoms with E-state index < -0.39 is 17.5 Å². The molecule has 1 unspecified atom stereocenters. The van der Waals surface area contributed by atoms with Crippen molar-refractivity contribution >= 4 is 28.8 Å². The molecular formula is C14H12ClF2NO2S. The maximum Gasteiger partial charge on any atom is 0.251 e. The maximum atomic E-state index is 13.1. The largest absolute Gasteiger partial charge is 0.374 e. The molecule has 21 heavy (non-hydrogen) atoms. The van der Waals surface area contributed by atoms with Crippen LogP contribution in [0.1, 0.15) is 21.3 Å². The topological polar surface area (TPSA) is 38.3 Å². The zero-order valence-electron chi connectivity index (χ0n) is 11.0. The molecular weight excluding hydrogens is 320 g/mol. The van der Waals surface area contributed by atoms with Crippen molar-refractivity contribution in [2.45, 2.75) is 6.10 Å². The summed E-state index contributed by atoms with van der Waals surface area (Å²) in [6.07, 6.45) is -0.350. The number of halogens is 3. The van der Waals surface area contributed by atoms with Crippen LogP contribution in [0.4, 0.5) is 8.78 Å². The first-order chi connectivity index (χ1) is 10.0. The zero-order chi connectivity index (χ0) is 15.4. The standard InChI is InChI=1S/C14H12ClF2NO2S/c1-20-11(12-4-5-13(15)21-12)7-18-14(19)8-2-3-9(16)10(17)6-8/h2-6,11H,7H2,1H3,(H,18,19). The van der Waals surface area contributed by atoms with Gasteiger partial charge in [-0.1, -0.05) is 11.6 Å². The Bertz CT molecular complexity index is 648. The molecule has 3 nitrogen and oxygen atoms in total. The van der Waals surface area contributed by atoms with E-state index in [-0.39, 0.29) is 18.2 Å². The molecule has 7 heteroatoms. The first-order valence-electron chi connectivity index (χ1n) is 6.02. The highest BCUT2D eigenvalue weighted by molar-refractivity contribution is 7.16. The lowest BCUT2D eigenvalue weighted by atomic mass is 10.2. The number of methoxy groups -OCH3 is 1. The monoisotopic (exact) mass is 331 g/mol. The van der Waals surface area contributed by atoms with Gasteiger partial charge in [0.1, 0.15) is 6.10 Å². The minimum atomic E-state index is -1.06. The van der Waals surface area contributed by atoms with E-state index in [0.717, 1.165) is 17.0 Å². The number of hydrogen-bond acceptors (Lipinski definition) is 3. The van der Waals surface area contributed by atoms with Crippen molar-refractivity contribution in [2.75, 3.05) is 13.7 Å². The van der Waals surface area contributed by atoms with Crippen LogP contribution in [-0.4, -0.2) is 19.6 Å². The Hall–Kier alpha value is -1.50. The fourth-order valence-electron chi connectivity index (χ4n) is 1.73. The number of amides is 1. The van der Waals surface area contributed by atoms with E-state index in [9.17, 15) is 13.6 Å². The van der Waals surface area contributed by atoms with Gasteiger partial charge in [-0.05, 0) is 30.3 Å². The van der Waals surface area contributed by atoms with E-state index in [1.54, 1.807) is 6.07 Å². The van der Waals surface area contributed by atoms with Crippen molar-refractivity contribution in [3.05, 3.63) is 56.7 Å². The van der Waals surface area contributed by atoms with Crippen LogP contribution in [-0.2, 0) is 4.74 Å². The molecule has 1 amide bonds. The molecule has 0 saturated carbocycles. The van der Waals surface area contributed by atoms with Gasteiger partial charge in [0.2, 0.25) is 0 Å². The van der Waals surface area contributed by atoms with E-state index in [1.165, 1.54) is 24.5 Å². The van der Waals surface area contributed by atoms with Crippen LogP contribution in [0.2, 0.25) is 4.34 Å². The lowest BCUT2D eigenvalue weighted by molar-refractivity contribution is 0.0837. The van der Waals surface area contributed by atoms with Gasteiger partial charge in [0.15, 0.2) is 11.6 Å². The van der Waals surface area contributed by atoms with Crippen LogP contribution in [0.5, 0.6) is 0 Å². The van der Waals surface area contributed by atoms with Gasteiger partial charge in [-0.25, -0.2) is 8.78 Å². The molecule has 1 atom stereocenters. The molecule has 1 aromatic heterocycles. The van der Waals surface area contributed by atoms with E-state index in [1.807, 2.05) is 6.07 Å². The molecule has 0 bridgehead atoms. The van der Waals surface area contributed by atoms with Crippen LogP contribution in [0.15, 0.2) is 30.3 Å². The second-order valence-electron chi connectivity index (χ2n) is 4.21. The molecule has 1 aromatic carbocycles. The number of carbonyl (C=O) groups excluding carboxylic acids is 1. The molecule has 0 fully saturated rings. The minimum Gasteiger partial charge on any atom is -0.374 e. The molecule has 0 aliphatic carbocycles. The number of benzene rings is 1. The fraction of sp³-hybridized carbons (Fsp3) is 0.214. The summed E-state index contributed by atoms with van der Waals surface area (Å²) in [5.74, 6) is -2.55. The summed E-state index contributed by atoms with van der Waals surface area (Å²) in [5, 5.41) is 2.61. The third-order valence-electron chi connectivity index (χ3n) is 2.83. The van der Waals surface area contributed by atoms with E-state index in [0.29, 0.717) is 4.34 Å². The van der Waals surface area contributed by atoms with Gasteiger partial charge >= 0.3 is 0 Å². The van der Waals surface area contributed by atoms with Crippen molar-refractivity contribution < 1.29 is 18.3 Å².